The van der Waals surface area contributed by atoms with Crippen LogP contribution in [-0.2, 0) is 4.79 Å². The van der Waals surface area contributed by atoms with Gasteiger partial charge in [0.15, 0.2) is 5.78 Å². The van der Waals surface area contributed by atoms with E-state index in [1.807, 2.05) is 33.8 Å². The van der Waals surface area contributed by atoms with Gasteiger partial charge < -0.3 is 0 Å². The molecule has 0 amide bonds. The Bertz CT molecular complexity index is 348. The van der Waals surface area contributed by atoms with Gasteiger partial charge in [0, 0.05) is 0 Å². The molecule has 0 N–H and O–H groups in total. The molecule has 0 saturated carbocycles. The van der Waals surface area contributed by atoms with Crippen molar-refractivity contribution in [1.29, 1.82) is 0 Å². The van der Waals surface area contributed by atoms with Gasteiger partial charge in [0.1, 0.15) is 0 Å². The van der Waals surface area contributed by atoms with E-state index in [9.17, 15) is 4.79 Å². The first-order chi connectivity index (χ1) is 7.09. The summed E-state index contributed by atoms with van der Waals surface area (Å²) in [4.78, 5) is 10.7. The molecule has 0 bridgehead atoms. The lowest BCUT2D eigenvalue weighted by atomic mass is 10.1. The van der Waals surface area contributed by atoms with Gasteiger partial charge in [-0.05, 0) is 38.0 Å². The summed E-state index contributed by atoms with van der Waals surface area (Å²) in [5.74, 6) is 0.0842. The zero-order valence-corrected chi connectivity index (χ0v) is 10.3. The Morgan fingerprint density at radius 3 is 2.33 bits per heavy atom. The molecule has 0 heterocycles. The van der Waals surface area contributed by atoms with Gasteiger partial charge in [0.05, 0.1) is 0 Å². The van der Waals surface area contributed by atoms with Crippen molar-refractivity contribution in [2.24, 2.45) is 0 Å². The highest BCUT2D eigenvalue weighted by Gasteiger charge is 1.94. The predicted octanol–water partition coefficient (Wildman–Crippen LogP) is 3.93. The van der Waals surface area contributed by atoms with Crippen LogP contribution in [0.1, 0.15) is 37.5 Å². The van der Waals surface area contributed by atoms with Crippen LogP contribution in [0.3, 0.4) is 0 Å². The Morgan fingerprint density at radius 2 is 1.80 bits per heavy atom. The molecule has 0 aliphatic rings. The molecular weight excluding hydrogens is 184 g/mol. The third kappa shape index (κ3) is 5.16. The molecule has 0 spiro atoms. The third-order valence-corrected chi connectivity index (χ3v) is 1.93. The maximum Gasteiger partial charge on any atom is 0.152 e. The summed E-state index contributed by atoms with van der Waals surface area (Å²) in [7, 11) is 0. The molecule has 0 aromatic heterocycles. The fraction of sp³-hybridized carbons (Fsp3) is 0.357. The van der Waals surface area contributed by atoms with Crippen LogP contribution in [0.15, 0.2) is 24.3 Å². The van der Waals surface area contributed by atoms with Crippen LogP contribution in [-0.4, -0.2) is 5.78 Å². The molecule has 0 saturated heterocycles. The van der Waals surface area contributed by atoms with E-state index in [1.54, 1.807) is 13.0 Å². The molecule has 0 aliphatic heterocycles. The van der Waals surface area contributed by atoms with Crippen LogP contribution in [0.2, 0.25) is 0 Å². The molecule has 0 unspecified atom stereocenters. The zero-order chi connectivity index (χ0) is 11.8. The summed E-state index contributed by atoms with van der Waals surface area (Å²) in [6, 6.07) is 6.21. The molecule has 1 aromatic carbocycles. The van der Waals surface area contributed by atoms with Crippen LogP contribution in [0.4, 0.5) is 0 Å². The van der Waals surface area contributed by atoms with Gasteiger partial charge in [-0.25, -0.2) is 0 Å². The number of carbonyl (C=O) groups is 1. The lowest BCUT2D eigenvalue weighted by Crippen LogP contribution is -1.84. The quantitative estimate of drug-likeness (QED) is 0.667. The Kier molecular flexibility index (Phi) is 6.35. The summed E-state index contributed by atoms with van der Waals surface area (Å²) in [6.07, 6.45) is 3.46. The number of hydrogen-bond acceptors (Lipinski definition) is 1. The van der Waals surface area contributed by atoms with Crippen molar-refractivity contribution in [1.82, 2.24) is 0 Å². The first-order valence-corrected chi connectivity index (χ1v) is 5.35. The normalized spacial score (nSPS) is 9.67. The molecule has 1 heteroatoms. The first kappa shape index (κ1) is 13.6. The Labute approximate surface area is 92.8 Å². The second-order valence-electron chi connectivity index (χ2n) is 3.30. The van der Waals surface area contributed by atoms with Crippen molar-refractivity contribution in [2.45, 2.75) is 34.6 Å². The minimum absolute atomic E-state index is 0.0842. The molecule has 0 fully saturated rings. The van der Waals surface area contributed by atoms with E-state index >= 15 is 0 Å². The molecular formula is C14H20O. The molecule has 1 aromatic rings. The zero-order valence-electron chi connectivity index (χ0n) is 10.3. The van der Waals surface area contributed by atoms with Crippen molar-refractivity contribution in [3.63, 3.8) is 0 Å². The molecule has 82 valence electrons. The van der Waals surface area contributed by atoms with E-state index < -0.39 is 0 Å². The third-order valence-electron chi connectivity index (χ3n) is 1.93. The summed E-state index contributed by atoms with van der Waals surface area (Å²) in [5, 5.41) is 0. The highest BCUT2D eigenvalue weighted by Crippen LogP contribution is 2.12. The second-order valence-corrected chi connectivity index (χ2v) is 3.30. The maximum absolute atomic E-state index is 10.7. The Balaban J connectivity index is 0.000000921. The lowest BCUT2D eigenvalue weighted by molar-refractivity contribution is -0.112. The highest BCUT2D eigenvalue weighted by molar-refractivity contribution is 5.91. The number of benzene rings is 1. The molecule has 1 rings (SSSR count). The number of allylic oxidation sites excluding steroid dienone is 1. The van der Waals surface area contributed by atoms with Gasteiger partial charge in [0.25, 0.3) is 0 Å². The molecule has 0 aliphatic carbocycles. The molecule has 1 nitrogen and oxygen atoms in total. The van der Waals surface area contributed by atoms with Crippen molar-refractivity contribution in [3.05, 3.63) is 41.0 Å². The van der Waals surface area contributed by atoms with Gasteiger partial charge in [-0.2, -0.15) is 0 Å². The van der Waals surface area contributed by atoms with E-state index in [-0.39, 0.29) is 5.78 Å². The standard InChI is InChI=1S/C12H14O.C2H6/c1-9-4-5-10(2)12(8-9)7-6-11(3)13;1-2/h4-8H,1-3H3;1-2H3/b7-6-;. The van der Waals surface area contributed by atoms with E-state index in [4.69, 9.17) is 0 Å². The minimum Gasteiger partial charge on any atom is -0.295 e. The van der Waals surface area contributed by atoms with Crippen LogP contribution >= 0.6 is 0 Å². The van der Waals surface area contributed by atoms with E-state index in [0.717, 1.165) is 5.56 Å². The Hall–Kier alpha value is -1.37. The van der Waals surface area contributed by atoms with Gasteiger partial charge in [-0.1, -0.05) is 43.7 Å². The van der Waals surface area contributed by atoms with Crippen LogP contribution < -0.4 is 0 Å². The number of rotatable bonds is 2. The van der Waals surface area contributed by atoms with Gasteiger partial charge in [-0.15, -0.1) is 0 Å². The number of carbonyl (C=O) groups excluding carboxylic acids is 1. The average molecular weight is 204 g/mol. The van der Waals surface area contributed by atoms with Crippen molar-refractivity contribution in [2.75, 3.05) is 0 Å². The second kappa shape index (κ2) is 6.99. The SMILES string of the molecule is CC.CC(=O)/C=C\c1cc(C)ccc1C. The summed E-state index contributed by atoms with van der Waals surface area (Å²) in [6.45, 7) is 9.64. The Morgan fingerprint density at radius 1 is 1.20 bits per heavy atom. The van der Waals surface area contributed by atoms with Gasteiger partial charge in [-0.3, -0.25) is 4.79 Å². The van der Waals surface area contributed by atoms with Crippen molar-refractivity contribution < 1.29 is 4.79 Å². The van der Waals surface area contributed by atoms with Crippen LogP contribution in [0, 0.1) is 13.8 Å². The van der Waals surface area contributed by atoms with Gasteiger partial charge in [0.2, 0.25) is 0 Å². The summed E-state index contributed by atoms with van der Waals surface area (Å²) in [5.41, 5.74) is 3.53. The highest BCUT2D eigenvalue weighted by atomic mass is 16.1. The largest absolute Gasteiger partial charge is 0.295 e. The van der Waals surface area contributed by atoms with Crippen LogP contribution in [0.5, 0.6) is 0 Å². The smallest absolute Gasteiger partial charge is 0.152 e. The topological polar surface area (TPSA) is 17.1 Å². The number of ketones is 1. The predicted molar refractivity (Wildman–Crippen MR) is 67.0 cm³/mol. The lowest BCUT2D eigenvalue weighted by Gasteiger charge is -2.00. The summed E-state index contributed by atoms with van der Waals surface area (Å²) < 4.78 is 0. The van der Waals surface area contributed by atoms with E-state index in [1.165, 1.54) is 11.1 Å². The molecule has 0 radical (unpaired) electrons. The van der Waals surface area contributed by atoms with Crippen molar-refractivity contribution in [3.8, 4) is 0 Å². The number of aryl methyl sites for hydroxylation is 2. The summed E-state index contributed by atoms with van der Waals surface area (Å²) >= 11 is 0. The first-order valence-electron chi connectivity index (χ1n) is 5.35. The van der Waals surface area contributed by atoms with E-state index in [2.05, 4.69) is 18.2 Å². The van der Waals surface area contributed by atoms with E-state index in [0.29, 0.717) is 0 Å². The average Bonchev–Trinajstić information content (AvgIpc) is 2.22. The van der Waals surface area contributed by atoms with Crippen molar-refractivity contribution >= 4 is 11.9 Å². The fourth-order valence-electron chi connectivity index (χ4n) is 1.15. The van der Waals surface area contributed by atoms with Crippen LogP contribution in [0.25, 0.3) is 6.08 Å². The maximum atomic E-state index is 10.7. The minimum atomic E-state index is 0.0842. The number of hydrogen-bond donors (Lipinski definition) is 0. The molecule has 15 heavy (non-hydrogen) atoms. The monoisotopic (exact) mass is 204 g/mol. The van der Waals surface area contributed by atoms with Gasteiger partial charge >= 0.3 is 0 Å². The molecule has 0 atom stereocenters. The fourth-order valence-corrected chi connectivity index (χ4v) is 1.15.